The Hall–Kier alpha value is -1.16. The summed E-state index contributed by atoms with van der Waals surface area (Å²) in [5.41, 5.74) is 0.986. The summed E-state index contributed by atoms with van der Waals surface area (Å²) in [6, 6.07) is 0. The molecule has 0 saturated carbocycles. The molecular weight excluding hydrogens is 134 g/mol. The third-order valence-corrected chi connectivity index (χ3v) is 1.89. The van der Waals surface area contributed by atoms with E-state index < -0.39 is 11.8 Å². The summed E-state index contributed by atoms with van der Waals surface area (Å²) < 4.78 is 0. The lowest BCUT2D eigenvalue weighted by atomic mass is 9.91. The fourth-order valence-corrected chi connectivity index (χ4v) is 1.19. The van der Waals surface area contributed by atoms with Gasteiger partial charge in [0.1, 0.15) is 0 Å². The van der Waals surface area contributed by atoms with Crippen molar-refractivity contribution in [3.05, 3.63) is 11.1 Å². The third kappa shape index (κ3) is 0.410. The summed E-state index contributed by atoms with van der Waals surface area (Å²) in [5, 5.41) is 8.93. The van der Waals surface area contributed by atoms with Crippen LogP contribution in [0.1, 0.15) is 12.8 Å². The van der Waals surface area contributed by atoms with E-state index >= 15 is 0 Å². The van der Waals surface area contributed by atoms with Crippen LogP contribution in [0.15, 0.2) is 11.1 Å². The van der Waals surface area contributed by atoms with E-state index in [2.05, 4.69) is 0 Å². The molecule has 1 aliphatic carbocycles. The lowest BCUT2D eigenvalue weighted by molar-refractivity contribution is -0.169. The van der Waals surface area contributed by atoms with Gasteiger partial charge in [-0.25, -0.2) is 0 Å². The lowest BCUT2D eigenvalue weighted by Gasteiger charge is -2.09. The molecule has 0 radical (unpaired) electrons. The molecular formula is C6H5NO3. The van der Waals surface area contributed by atoms with Crippen LogP contribution in [0.2, 0.25) is 0 Å². The molecule has 2 rings (SSSR count). The smallest absolute Gasteiger partial charge is 0.278 e. The zero-order chi connectivity index (χ0) is 7.30. The topological polar surface area (TPSA) is 57.6 Å². The Morgan fingerprint density at radius 2 is 1.50 bits per heavy atom. The highest BCUT2D eigenvalue weighted by Gasteiger charge is 2.41. The standard InChI is InChI=1S/C6H5NO3/c8-5-3-1-2-4(3)6(9)7(5)10/h10H,1-2H2. The van der Waals surface area contributed by atoms with Crippen LogP contribution < -0.4 is 0 Å². The van der Waals surface area contributed by atoms with Gasteiger partial charge >= 0.3 is 0 Å². The fourth-order valence-electron chi connectivity index (χ4n) is 1.19. The summed E-state index contributed by atoms with van der Waals surface area (Å²) in [6.07, 6.45) is 1.27. The summed E-state index contributed by atoms with van der Waals surface area (Å²) in [7, 11) is 0. The Morgan fingerprint density at radius 1 is 1.10 bits per heavy atom. The molecule has 1 aliphatic heterocycles. The van der Waals surface area contributed by atoms with Crippen molar-refractivity contribution in [2.45, 2.75) is 12.8 Å². The van der Waals surface area contributed by atoms with E-state index in [9.17, 15) is 9.59 Å². The molecule has 1 heterocycles. The van der Waals surface area contributed by atoms with E-state index in [0.717, 1.165) is 0 Å². The average Bonchev–Trinajstić information content (AvgIpc) is 1.92. The maximum Gasteiger partial charge on any atom is 0.281 e. The average molecular weight is 139 g/mol. The van der Waals surface area contributed by atoms with E-state index in [4.69, 9.17) is 5.21 Å². The Bertz CT molecular complexity index is 240. The lowest BCUT2D eigenvalue weighted by Crippen LogP contribution is -2.26. The largest absolute Gasteiger partial charge is 0.281 e. The summed E-state index contributed by atoms with van der Waals surface area (Å²) >= 11 is 0. The number of hydroxylamine groups is 2. The van der Waals surface area contributed by atoms with Crippen molar-refractivity contribution in [1.82, 2.24) is 5.06 Å². The van der Waals surface area contributed by atoms with Gasteiger partial charge in [-0.1, -0.05) is 0 Å². The first-order chi connectivity index (χ1) is 4.72. The van der Waals surface area contributed by atoms with E-state index in [1.165, 1.54) is 0 Å². The molecule has 0 aromatic rings. The number of rotatable bonds is 0. The van der Waals surface area contributed by atoms with Gasteiger partial charge in [0.25, 0.3) is 11.8 Å². The fraction of sp³-hybridized carbons (Fsp3) is 0.333. The quantitative estimate of drug-likeness (QED) is 0.374. The van der Waals surface area contributed by atoms with E-state index in [1.807, 2.05) is 0 Å². The molecule has 0 atom stereocenters. The van der Waals surface area contributed by atoms with Gasteiger partial charge in [-0.05, 0) is 12.8 Å². The van der Waals surface area contributed by atoms with E-state index in [1.54, 1.807) is 0 Å². The zero-order valence-corrected chi connectivity index (χ0v) is 5.13. The highest BCUT2D eigenvalue weighted by atomic mass is 16.5. The Labute approximate surface area is 56.7 Å². The number of amides is 2. The Morgan fingerprint density at radius 3 is 1.70 bits per heavy atom. The summed E-state index contributed by atoms with van der Waals surface area (Å²) in [6.45, 7) is 0. The zero-order valence-electron chi connectivity index (χ0n) is 5.13. The minimum Gasteiger partial charge on any atom is -0.278 e. The minimum atomic E-state index is -0.536. The maximum atomic E-state index is 10.8. The monoisotopic (exact) mass is 139 g/mol. The van der Waals surface area contributed by atoms with Crippen LogP contribution in [0.3, 0.4) is 0 Å². The van der Waals surface area contributed by atoms with Gasteiger partial charge in [-0.2, -0.15) is 0 Å². The first kappa shape index (κ1) is 5.61. The summed E-state index contributed by atoms with van der Waals surface area (Å²) in [4.78, 5) is 21.5. The second-order valence-electron chi connectivity index (χ2n) is 2.38. The number of hydrogen-bond acceptors (Lipinski definition) is 3. The van der Waals surface area contributed by atoms with Gasteiger partial charge in [0.15, 0.2) is 0 Å². The van der Waals surface area contributed by atoms with E-state index in [-0.39, 0.29) is 5.06 Å². The molecule has 10 heavy (non-hydrogen) atoms. The van der Waals surface area contributed by atoms with Crippen LogP contribution in [0.4, 0.5) is 0 Å². The first-order valence-electron chi connectivity index (χ1n) is 3.01. The van der Waals surface area contributed by atoms with Crippen molar-refractivity contribution in [2.24, 2.45) is 0 Å². The van der Waals surface area contributed by atoms with Crippen molar-refractivity contribution in [2.75, 3.05) is 0 Å². The van der Waals surface area contributed by atoms with Crippen molar-refractivity contribution in [3.8, 4) is 0 Å². The van der Waals surface area contributed by atoms with Crippen LogP contribution in [-0.2, 0) is 9.59 Å². The van der Waals surface area contributed by atoms with Crippen molar-refractivity contribution in [1.29, 1.82) is 0 Å². The Balaban J connectivity index is 2.47. The van der Waals surface area contributed by atoms with Crippen LogP contribution in [-0.4, -0.2) is 22.1 Å². The highest BCUT2D eigenvalue weighted by Crippen LogP contribution is 2.35. The third-order valence-electron chi connectivity index (χ3n) is 1.89. The molecule has 52 valence electrons. The van der Waals surface area contributed by atoms with Crippen molar-refractivity contribution < 1.29 is 14.8 Å². The number of carbonyl (C=O) groups is 2. The molecule has 2 aliphatic rings. The molecule has 0 spiro atoms. The predicted molar refractivity (Wildman–Crippen MR) is 29.9 cm³/mol. The molecule has 0 unspecified atom stereocenters. The van der Waals surface area contributed by atoms with Crippen LogP contribution in [0.5, 0.6) is 0 Å². The van der Waals surface area contributed by atoms with Crippen molar-refractivity contribution in [3.63, 3.8) is 0 Å². The maximum absolute atomic E-state index is 10.8. The number of hydrogen-bond donors (Lipinski definition) is 1. The molecule has 4 heteroatoms. The van der Waals surface area contributed by atoms with Gasteiger partial charge in [-0.3, -0.25) is 14.8 Å². The molecule has 0 bridgehead atoms. The van der Waals surface area contributed by atoms with Gasteiger partial charge in [0, 0.05) is 11.1 Å². The van der Waals surface area contributed by atoms with E-state index in [0.29, 0.717) is 24.0 Å². The van der Waals surface area contributed by atoms with Crippen molar-refractivity contribution >= 4 is 11.8 Å². The number of carbonyl (C=O) groups excluding carboxylic acids is 2. The van der Waals surface area contributed by atoms with Gasteiger partial charge < -0.3 is 0 Å². The first-order valence-corrected chi connectivity index (χ1v) is 3.01. The molecule has 4 nitrogen and oxygen atoms in total. The molecule has 0 saturated heterocycles. The van der Waals surface area contributed by atoms with Crippen LogP contribution in [0.25, 0.3) is 0 Å². The second kappa shape index (κ2) is 1.46. The second-order valence-corrected chi connectivity index (χ2v) is 2.38. The molecule has 0 fully saturated rings. The summed E-state index contributed by atoms with van der Waals surface area (Å²) in [5.74, 6) is -1.07. The minimum absolute atomic E-state index is 0.192. The van der Waals surface area contributed by atoms with Gasteiger partial charge in [0.2, 0.25) is 0 Å². The molecule has 2 amide bonds. The SMILES string of the molecule is O=C1C2=C(CC2)C(=O)N1O. The molecule has 0 aromatic carbocycles. The molecule has 0 aromatic heterocycles. The highest BCUT2D eigenvalue weighted by molar-refractivity contribution is 6.20. The van der Waals surface area contributed by atoms with Crippen LogP contribution in [0, 0.1) is 0 Å². The molecule has 1 N–H and O–H groups in total. The predicted octanol–water partition coefficient (Wildman–Crippen LogP) is -0.165. The number of nitrogens with zero attached hydrogens (tertiary/aromatic N) is 1. The number of imide groups is 1. The normalized spacial score (nSPS) is 23.5. The Kier molecular flexibility index (Phi) is 0.820. The van der Waals surface area contributed by atoms with Crippen LogP contribution >= 0.6 is 0 Å². The van der Waals surface area contributed by atoms with Gasteiger partial charge in [0.05, 0.1) is 0 Å². The van der Waals surface area contributed by atoms with Gasteiger partial charge in [-0.15, -0.1) is 5.06 Å².